The second-order valence-corrected chi connectivity index (χ2v) is 6.36. The lowest BCUT2D eigenvalue weighted by Crippen LogP contribution is -2.48. The fraction of sp³-hybridized carbons (Fsp3) is 0.188. The molecule has 24 heavy (non-hydrogen) atoms. The molecule has 0 aliphatic heterocycles. The third kappa shape index (κ3) is 5.04. The molecule has 2 rings (SSSR count). The van der Waals surface area contributed by atoms with E-state index in [0.717, 1.165) is 0 Å². The van der Waals surface area contributed by atoms with Gasteiger partial charge in [-0.2, -0.15) is 0 Å². The Kier molecular flexibility index (Phi) is 6.28. The summed E-state index contributed by atoms with van der Waals surface area (Å²) >= 11 is 6.32. The van der Waals surface area contributed by atoms with Crippen LogP contribution < -0.4 is 20.9 Å². The van der Waals surface area contributed by atoms with Crippen molar-refractivity contribution in [2.45, 2.75) is 20.0 Å². The number of thiocarbonyl (C=S) groups is 1. The Morgan fingerprint density at radius 2 is 1.83 bits per heavy atom. The minimum atomic E-state index is -0.422. The van der Waals surface area contributed by atoms with Gasteiger partial charge in [0.25, 0.3) is 11.8 Å². The largest absolute Gasteiger partial charge is 0.490 e. The Morgan fingerprint density at radius 3 is 2.50 bits per heavy atom. The van der Waals surface area contributed by atoms with Crippen molar-refractivity contribution in [1.82, 2.24) is 16.2 Å². The molecule has 2 amide bonds. The van der Waals surface area contributed by atoms with Gasteiger partial charge in [0.15, 0.2) is 5.11 Å². The Bertz CT molecular complexity index is 730. The normalized spacial score (nSPS) is 10.1. The second kappa shape index (κ2) is 8.42. The van der Waals surface area contributed by atoms with Gasteiger partial charge < -0.3 is 4.74 Å². The van der Waals surface area contributed by atoms with Crippen LogP contribution in [-0.2, 0) is 0 Å². The number of benzene rings is 1. The predicted octanol–water partition coefficient (Wildman–Crippen LogP) is 2.48. The molecule has 0 saturated carbocycles. The first-order chi connectivity index (χ1) is 11.5. The zero-order valence-electron chi connectivity index (χ0n) is 13.2. The van der Waals surface area contributed by atoms with Crippen LogP contribution in [0.25, 0.3) is 0 Å². The van der Waals surface area contributed by atoms with Crippen LogP contribution in [0.3, 0.4) is 0 Å². The Labute approximate surface area is 149 Å². The molecule has 3 N–H and O–H groups in total. The molecule has 0 radical (unpaired) electrons. The molecule has 0 spiro atoms. The maximum absolute atomic E-state index is 12.3. The Hall–Kier alpha value is -2.45. The van der Waals surface area contributed by atoms with E-state index in [9.17, 15) is 9.59 Å². The number of hydrazine groups is 1. The van der Waals surface area contributed by atoms with E-state index in [4.69, 9.17) is 17.0 Å². The first-order valence-electron chi connectivity index (χ1n) is 7.18. The zero-order valence-corrected chi connectivity index (χ0v) is 14.8. The highest BCUT2D eigenvalue weighted by Crippen LogP contribution is 2.19. The van der Waals surface area contributed by atoms with Gasteiger partial charge in [0.05, 0.1) is 16.5 Å². The van der Waals surface area contributed by atoms with E-state index in [2.05, 4.69) is 16.2 Å². The summed E-state index contributed by atoms with van der Waals surface area (Å²) in [5, 5.41) is 4.28. The van der Waals surface area contributed by atoms with Crippen LogP contribution in [0.15, 0.2) is 41.8 Å². The van der Waals surface area contributed by atoms with Crippen molar-refractivity contribution < 1.29 is 14.3 Å². The van der Waals surface area contributed by atoms with Crippen molar-refractivity contribution in [2.24, 2.45) is 0 Å². The molecule has 0 atom stereocenters. The van der Waals surface area contributed by atoms with Crippen LogP contribution in [0.1, 0.15) is 33.9 Å². The van der Waals surface area contributed by atoms with E-state index >= 15 is 0 Å². The molecule has 0 bridgehead atoms. The molecule has 1 aromatic heterocycles. The third-order valence-electron chi connectivity index (χ3n) is 2.76. The highest BCUT2D eigenvalue weighted by molar-refractivity contribution is 7.80. The Balaban J connectivity index is 1.92. The molecule has 2 aromatic rings. The fourth-order valence-electron chi connectivity index (χ4n) is 1.80. The molecule has 1 aromatic carbocycles. The van der Waals surface area contributed by atoms with Crippen LogP contribution in [0, 0.1) is 0 Å². The van der Waals surface area contributed by atoms with Gasteiger partial charge in [0, 0.05) is 0 Å². The van der Waals surface area contributed by atoms with E-state index in [-0.39, 0.29) is 17.1 Å². The molecular weight excluding hydrogens is 346 g/mol. The Morgan fingerprint density at radius 1 is 1.08 bits per heavy atom. The van der Waals surface area contributed by atoms with E-state index in [0.29, 0.717) is 16.2 Å². The molecular formula is C16H17N3O3S2. The highest BCUT2D eigenvalue weighted by atomic mass is 32.1. The monoisotopic (exact) mass is 363 g/mol. The lowest BCUT2D eigenvalue weighted by atomic mass is 10.2. The van der Waals surface area contributed by atoms with E-state index < -0.39 is 5.91 Å². The van der Waals surface area contributed by atoms with Crippen molar-refractivity contribution in [1.29, 1.82) is 0 Å². The number of carbonyl (C=O) groups excluding carboxylic acids is 2. The topological polar surface area (TPSA) is 79.5 Å². The summed E-state index contributed by atoms with van der Waals surface area (Å²) in [5.74, 6) is -0.283. The molecule has 1 heterocycles. The van der Waals surface area contributed by atoms with Crippen LogP contribution >= 0.6 is 23.6 Å². The predicted molar refractivity (Wildman–Crippen MR) is 97.2 cm³/mol. The highest BCUT2D eigenvalue weighted by Gasteiger charge is 2.15. The van der Waals surface area contributed by atoms with E-state index in [1.807, 2.05) is 13.8 Å². The molecule has 8 heteroatoms. The fourth-order valence-corrected chi connectivity index (χ4v) is 2.56. The number of carbonyl (C=O) groups is 2. The molecule has 6 nitrogen and oxygen atoms in total. The van der Waals surface area contributed by atoms with Crippen molar-refractivity contribution in [3.63, 3.8) is 0 Å². The second-order valence-electron chi connectivity index (χ2n) is 5.00. The van der Waals surface area contributed by atoms with Crippen LogP contribution in [0.2, 0.25) is 0 Å². The maximum Gasteiger partial charge on any atom is 0.279 e. The van der Waals surface area contributed by atoms with E-state index in [1.165, 1.54) is 11.3 Å². The minimum absolute atomic E-state index is 0.00995. The summed E-state index contributed by atoms with van der Waals surface area (Å²) in [4.78, 5) is 24.6. The van der Waals surface area contributed by atoms with Gasteiger partial charge in [0.1, 0.15) is 5.75 Å². The number of hydrogen-bond donors (Lipinski definition) is 3. The van der Waals surface area contributed by atoms with Crippen molar-refractivity contribution in [2.75, 3.05) is 0 Å². The summed E-state index contributed by atoms with van der Waals surface area (Å²) in [6.07, 6.45) is -0.0610. The lowest BCUT2D eigenvalue weighted by Gasteiger charge is -2.15. The quantitative estimate of drug-likeness (QED) is 0.574. The number of ether oxygens (including phenoxy) is 1. The van der Waals surface area contributed by atoms with Gasteiger partial charge in [-0.3, -0.25) is 25.8 Å². The average molecular weight is 363 g/mol. The van der Waals surface area contributed by atoms with Gasteiger partial charge in [-0.25, -0.2) is 0 Å². The summed E-state index contributed by atoms with van der Waals surface area (Å²) in [6.45, 7) is 3.75. The number of amides is 2. The molecule has 0 aliphatic rings. The van der Waals surface area contributed by atoms with Gasteiger partial charge in [-0.1, -0.05) is 18.2 Å². The zero-order chi connectivity index (χ0) is 17.5. The maximum atomic E-state index is 12.3. The summed E-state index contributed by atoms with van der Waals surface area (Å²) in [6, 6.07) is 10.3. The van der Waals surface area contributed by atoms with Gasteiger partial charge >= 0.3 is 0 Å². The SMILES string of the molecule is CC(C)Oc1ccccc1C(=O)NC(=S)NNC(=O)c1cccs1. The molecule has 0 unspecified atom stereocenters. The third-order valence-corrected chi connectivity index (χ3v) is 3.83. The summed E-state index contributed by atoms with van der Waals surface area (Å²) < 4.78 is 5.60. The number of para-hydroxylation sites is 1. The van der Waals surface area contributed by atoms with Crippen molar-refractivity contribution >= 4 is 40.5 Å². The van der Waals surface area contributed by atoms with Crippen molar-refractivity contribution in [3.8, 4) is 5.75 Å². The number of nitrogens with one attached hydrogen (secondary N) is 3. The first kappa shape index (κ1) is 17.9. The minimum Gasteiger partial charge on any atom is -0.490 e. The molecule has 0 fully saturated rings. The number of thiophene rings is 1. The smallest absolute Gasteiger partial charge is 0.279 e. The van der Waals surface area contributed by atoms with Crippen molar-refractivity contribution in [3.05, 3.63) is 52.2 Å². The summed E-state index contributed by atoms with van der Waals surface area (Å²) in [5.41, 5.74) is 5.28. The van der Waals surface area contributed by atoms with Gasteiger partial charge in [0.2, 0.25) is 0 Å². The summed E-state index contributed by atoms with van der Waals surface area (Å²) in [7, 11) is 0. The molecule has 0 saturated heterocycles. The van der Waals surface area contributed by atoms with Crippen LogP contribution in [0.4, 0.5) is 0 Å². The van der Waals surface area contributed by atoms with Crippen LogP contribution in [0.5, 0.6) is 5.75 Å². The number of hydrogen-bond acceptors (Lipinski definition) is 5. The standard InChI is InChI=1S/C16H17N3O3S2/c1-10(2)22-12-7-4-3-6-11(12)14(20)17-16(23)19-18-15(21)13-8-5-9-24-13/h3-10H,1-2H3,(H,18,21)(H2,17,19,20,23). The molecule has 126 valence electrons. The first-order valence-corrected chi connectivity index (χ1v) is 8.47. The average Bonchev–Trinajstić information content (AvgIpc) is 3.07. The molecule has 0 aliphatic carbocycles. The van der Waals surface area contributed by atoms with Gasteiger partial charge in [-0.05, 0) is 49.6 Å². The number of rotatable bonds is 4. The lowest BCUT2D eigenvalue weighted by molar-refractivity contribution is 0.0936. The van der Waals surface area contributed by atoms with Gasteiger partial charge in [-0.15, -0.1) is 11.3 Å². The van der Waals surface area contributed by atoms with Crippen LogP contribution in [-0.4, -0.2) is 23.0 Å². The van der Waals surface area contributed by atoms with E-state index in [1.54, 1.807) is 41.8 Å².